The third kappa shape index (κ3) is 10900. The van der Waals surface area contributed by atoms with Gasteiger partial charge in [0, 0.05) is 20.8 Å². The van der Waals surface area contributed by atoms with E-state index in [9.17, 15) is 0 Å². The van der Waals surface area contributed by atoms with Crippen molar-refractivity contribution in [1.82, 2.24) is 0 Å². The Bertz CT molecular complexity index is 209. The molecule has 0 amide bonds. The molecule has 0 spiro atoms. The van der Waals surface area contributed by atoms with Crippen molar-refractivity contribution in [2.24, 2.45) is 0 Å². The second-order valence-corrected chi connectivity index (χ2v) is 2.45. The molecule has 82 valence electrons. The minimum Gasteiger partial charge on any atom is -0.759 e. The van der Waals surface area contributed by atoms with E-state index in [1.165, 1.54) is 0 Å². The topological polar surface area (TPSA) is 224 Å². The molecule has 0 unspecified atom stereocenters. The minimum absolute atomic E-state index is 0. The Hall–Kier alpha value is 0.348. The van der Waals surface area contributed by atoms with E-state index < -0.39 is 20.8 Å². The molecule has 0 bridgehead atoms. The molecule has 10 nitrogen and oxygen atoms in total. The van der Waals surface area contributed by atoms with Crippen molar-refractivity contribution in [2.45, 2.75) is 0 Å². The molecule has 0 fully saturated rings. The van der Waals surface area contributed by atoms with E-state index in [1.807, 2.05) is 0 Å². The molecule has 13 heteroatoms. The first-order chi connectivity index (χ1) is 4.00. The van der Waals surface area contributed by atoms with E-state index in [1.54, 1.807) is 0 Å². The molecule has 0 aromatic rings. The van der Waals surface area contributed by atoms with Crippen LogP contribution >= 0.6 is 0 Å². The van der Waals surface area contributed by atoms with Gasteiger partial charge in [-0.15, -0.1) is 0 Å². The Morgan fingerprint density at radius 2 is 0.615 bits per heavy atom. The zero-order valence-corrected chi connectivity index (χ0v) is 9.13. The predicted octanol–water partition coefficient (Wildman–Crippen LogP) is -4.33. The third-order valence-electron chi connectivity index (χ3n) is 0. The molecular formula is H4MoO10S2. The van der Waals surface area contributed by atoms with Crippen LogP contribution < -0.4 is 0 Å². The summed E-state index contributed by atoms with van der Waals surface area (Å²) in [6.45, 7) is 0. The van der Waals surface area contributed by atoms with Gasteiger partial charge in [-0.1, -0.05) is 0 Å². The van der Waals surface area contributed by atoms with Gasteiger partial charge in [0.05, 0.1) is 0 Å². The normalized spacial score (nSPS) is 8.92. The van der Waals surface area contributed by atoms with Crippen LogP contribution in [0.25, 0.3) is 0 Å². The van der Waals surface area contributed by atoms with E-state index >= 15 is 0 Å². The van der Waals surface area contributed by atoms with Crippen LogP contribution in [-0.2, 0) is 41.9 Å². The molecule has 0 saturated carbocycles. The van der Waals surface area contributed by atoms with Gasteiger partial charge in [0.1, 0.15) is 0 Å². The van der Waals surface area contributed by atoms with E-state index in [0.29, 0.717) is 0 Å². The summed E-state index contributed by atoms with van der Waals surface area (Å²) in [4.78, 5) is 0. The smallest absolute Gasteiger partial charge is 0.759 e. The van der Waals surface area contributed by atoms with Crippen LogP contribution in [0.15, 0.2) is 0 Å². The van der Waals surface area contributed by atoms with Crippen molar-refractivity contribution < 1.29 is 67.1 Å². The van der Waals surface area contributed by atoms with Crippen LogP contribution in [0.4, 0.5) is 0 Å². The third-order valence-corrected chi connectivity index (χ3v) is 0. The van der Waals surface area contributed by atoms with Gasteiger partial charge in [-0.25, -0.2) is 0 Å². The van der Waals surface area contributed by atoms with Gasteiger partial charge < -0.3 is 29.2 Å². The summed E-state index contributed by atoms with van der Waals surface area (Å²) in [6.07, 6.45) is 0. The van der Waals surface area contributed by atoms with Crippen LogP contribution in [0.1, 0.15) is 0 Å². The Balaban J connectivity index is -0.0000000267. The zero-order chi connectivity index (χ0) is 9.00. The van der Waals surface area contributed by atoms with Crippen LogP contribution in [0.3, 0.4) is 0 Å². The fraction of sp³-hybridized carbons (Fsp3) is 0. The van der Waals surface area contributed by atoms with Gasteiger partial charge in [-0.05, 0) is 0 Å². The molecule has 0 aromatic carbocycles. The average molecular weight is 324 g/mol. The van der Waals surface area contributed by atoms with Crippen molar-refractivity contribution in [1.29, 1.82) is 0 Å². The first-order valence-electron chi connectivity index (χ1n) is 1.33. The second kappa shape index (κ2) is 10.4. The second-order valence-electron chi connectivity index (χ2n) is 0.816. The Morgan fingerprint density at radius 3 is 0.615 bits per heavy atom. The molecule has 0 aliphatic carbocycles. The Morgan fingerprint density at radius 1 is 0.615 bits per heavy atom. The predicted molar refractivity (Wildman–Crippen MR) is 28.2 cm³/mol. The molecule has 0 atom stereocenters. The van der Waals surface area contributed by atoms with Gasteiger partial charge >= 0.3 is 21.1 Å². The molecule has 0 aromatic heterocycles. The molecule has 0 aliphatic heterocycles. The van der Waals surface area contributed by atoms with Gasteiger partial charge in [0.15, 0.2) is 0 Å². The summed E-state index contributed by atoms with van der Waals surface area (Å²) in [6, 6.07) is 0. The molecule has 0 rings (SSSR count). The van der Waals surface area contributed by atoms with Gasteiger partial charge in [0.2, 0.25) is 0 Å². The fourth-order valence-electron chi connectivity index (χ4n) is 0. The molecule has 0 heterocycles. The summed E-state index contributed by atoms with van der Waals surface area (Å²) in [7, 11) is -10.3. The summed E-state index contributed by atoms with van der Waals surface area (Å²) in [5.74, 6) is 0. The maximum Gasteiger partial charge on any atom is 4.00 e. The van der Waals surface area contributed by atoms with Crippen molar-refractivity contribution in [3.63, 3.8) is 0 Å². The molecule has 0 aliphatic rings. The molecular weight excluding hydrogens is 320 g/mol. The minimum atomic E-state index is -5.17. The van der Waals surface area contributed by atoms with Gasteiger partial charge in [-0.3, -0.25) is 16.8 Å². The van der Waals surface area contributed by atoms with Crippen LogP contribution in [0.2, 0.25) is 0 Å². The van der Waals surface area contributed by atoms with E-state index in [0.717, 1.165) is 0 Å². The van der Waals surface area contributed by atoms with Crippen molar-refractivity contribution >= 4 is 20.8 Å². The average Bonchev–Trinajstić information content (AvgIpc) is 1.12. The van der Waals surface area contributed by atoms with Crippen LogP contribution in [0, 0.1) is 0 Å². The number of hydrogen-bond donors (Lipinski definition) is 0. The number of hydrogen-bond acceptors (Lipinski definition) is 8. The molecule has 0 radical (unpaired) electrons. The zero-order valence-electron chi connectivity index (χ0n) is 5.49. The van der Waals surface area contributed by atoms with Crippen LogP contribution in [-0.4, -0.2) is 46.0 Å². The fourth-order valence-corrected chi connectivity index (χ4v) is 0. The van der Waals surface area contributed by atoms with Crippen molar-refractivity contribution in [3.8, 4) is 0 Å². The van der Waals surface area contributed by atoms with E-state index in [-0.39, 0.29) is 32.0 Å². The van der Waals surface area contributed by atoms with Gasteiger partial charge in [0.25, 0.3) is 0 Å². The maximum atomic E-state index is 8.52. The summed E-state index contributed by atoms with van der Waals surface area (Å²) in [5, 5.41) is 0. The van der Waals surface area contributed by atoms with Crippen molar-refractivity contribution in [2.75, 3.05) is 0 Å². The monoisotopic (exact) mass is 326 g/mol. The SMILES string of the molecule is O.O.O=S(=O)([O-])[O-].O=S(=O)([O-])[O-].[Mo+4]. The Labute approximate surface area is 88.0 Å². The summed E-state index contributed by atoms with van der Waals surface area (Å²) < 4.78 is 68.2. The van der Waals surface area contributed by atoms with Gasteiger partial charge in [-0.2, -0.15) is 0 Å². The first kappa shape index (κ1) is 29.2. The molecule has 13 heavy (non-hydrogen) atoms. The first-order valence-corrected chi connectivity index (χ1v) is 4.00. The largest absolute Gasteiger partial charge is 4.00 e. The number of rotatable bonds is 0. The molecule has 0 saturated heterocycles. The quantitative estimate of drug-likeness (QED) is 0.240. The standard InChI is InChI=1S/Mo.2H2O4S.2H2O/c;2*1-5(2,3)4;;/h;2*(H2,1,2,3,4);2*1H2/q+4;;;;/p-4. The summed E-state index contributed by atoms with van der Waals surface area (Å²) in [5.41, 5.74) is 0. The Kier molecular flexibility index (Phi) is 23.4. The maximum absolute atomic E-state index is 8.52. The van der Waals surface area contributed by atoms with E-state index in [2.05, 4.69) is 0 Å². The molecule has 4 N–H and O–H groups in total. The van der Waals surface area contributed by atoms with Crippen molar-refractivity contribution in [3.05, 3.63) is 0 Å². The summed E-state index contributed by atoms with van der Waals surface area (Å²) >= 11 is 0. The van der Waals surface area contributed by atoms with E-state index in [4.69, 9.17) is 35.0 Å². The van der Waals surface area contributed by atoms with Crippen LogP contribution in [0.5, 0.6) is 0 Å².